The van der Waals surface area contributed by atoms with E-state index in [4.69, 9.17) is 0 Å². The second-order valence-electron chi connectivity index (χ2n) is 9.63. The minimum atomic E-state index is -0.564. The number of fused-ring (bicyclic) bond motifs is 2. The largest absolute Gasteiger partial charge is 0.349 e. The molecule has 2 heterocycles. The molecule has 2 aromatic heterocycles. The van der Waals surface area contributed by atoms with Gasteiger partial charge in [-0.05, 0) is 74.9 Å². The Labute approximate surface area is 207 Å². The predicted octanol–water partition coefficient (Wildman–Crippen LogP) is 5.59. The van der Waals surface area contributed by atoms with Gasteiger partial charge in [-0.3, -0.25) is 14.6 Å². The van der Waals surface area contributed by atoms with Gasteiger partial charge in [0.05, 0.1) is 28.8 Å². The van der Waals surface area contributed by atoms with Crippen molar-refractivity contribution >= 4 is 33.6 Å². The van der Waals surface area contributed by atoms with Crippen LogP contribution < -0.4 is 5.32 Å². The molecule has 1 fully saturated rings. The number of nitroso groups, excluding NO2 is 1. The summed E-state index contributed by atoms with van der Waals surface area (Å²) in [6.45, 7) is 2.46. The number of para-hydroxylation sites is 1. The van der Waals surface area contributed by atoms with Crippen LogP contribution in [0.5, 0.6) is 0 Å². The third-order valence-corrected chi connectivity index (χ3v) is 7.35. The number of hydrogen-bond donors (Lipinski definition) is 1. The van der Waals surface area contributed by atoms with Crippen LogP contribution in [0.25, 0.3) is 21.8 Å². The summed E-state index contributed by atoms with van der Waals surface area (Å²) >= 11 is 0. The Morgan fingerprint density at radius 2 is 1.89 bits per heavy atom. The van der Waals surface area contributed by atoms with Crippen molar-refractivity contribution in [2.24, 2.45) is 17.0 Å². The van der Waals surface area contributed by atoms with Gasteiger partial charge in [0.25, 0.3) is 11.8 Å². The van der Waals surface area contributed by atoms with Gasteiger partial charge in [0.15, 0.2) is 0 Å². The molecule has 1 unspecified atom stereocenters. The summed E-state index contributed by atoms with van der Waals surface area (Å²) in [5.41, 5.74) is 2.94. The number of pyridine rings is 1. The quantitative estimate of drug-likeness (QED) is 0.359. The fourth-order valence-corrected chi connectivity index (χ4v) is 5.32. The predicted molar refractivity (Wildman–Crippen MR) is 136 cm³/mol. The lowest BCUT2D eigenvalue weighted by molar-refractivity contribution is -0.122. The lowest BCUT2D eigenvalue weighted by atomic mass is 9.78. The standard InChI is InChI=1S/C28H27FN4O3/c1-17(18-5-7-20(8-6-18)27(34)32-36)30-28(35)24-4-2-3-19-13-14-33(26(19)24)16-23-11-9-21-15-22(29)10-12-25(21)31-23/h2-4,9-15,17-18,20H,5-8,16H2,1H3,(H,30,35)/t17?,18-,20-. The third kappa shape index (κ3) is 4.76. The second-order valence-corrected chi connectivity index (χ2v) is 9.63. The molecule has 0 saturated heterocycles. The Kier molecular flexibility index (Phi) is 6.59. The second kappa shape index (κ2) is 9.97. The van der Waals surface area contributed by atoms with Crippen molar-refractivity contribution in [1.82, 2.24) is 14.9 Å². The zero-order valence-corrected chi connectivity index (χ0v) is 20.0. The van der Waals surface area contributed by atoms with Crippen molar-refractivity contribution in [3.8, 4) is 0 Å². The molecule has 0 aliphatic heterocycles. The van der Waals surface area contributed by atoms with Crippen LogP contribution >= 0.6 is 0 Å². The molecule has 1 aliphatic rings. The van der Waals surface area contributed by atoms with Crippen LogP contribution in [0.2, 0.25) is 0 Å². The van der Waals surface area contributed by atoms with Crippen LogP contribution in [-0.4, -0.2) is 27.4 Å². The molecule has 0 radical (unpaired) electrons. The molecule has 1 atom stereocenters. The van der Waals surface area contributed by atoms with E-state index < -0.39 is 5.91 Å². The van der Waals surface area contributed by atoms with Gasteiger partial charge in [0.2, 0.25) is 0 Å². The van der Waals surface area contributed by atoms with E-state index >= 15 is 0 Å². The lowest BCUT2D eigenvalue weighted by Gasteiger charge is -2.31. The number of nitrogens with zero attached hydrogens (tertiary/aromatic N) is 3. The highest BCUT2D eigenvalue weighted by Gasteiger charge is 2.30. The monoisotopic (exact) mass is 486 g/mol. The van der Waals surface area contributed by atoms with Crippen molar-refractivity contribution in [1.29, 1.82) is 0 Å². The summed E-state index contributed by atoms with van der Waals surface area (Å²) in [7, 11) is 0. The molecule has 1 N–H and O–H groups in total. The Bertz CT molecular complexity index is 1460. The van der Waals surface area contributed by atoms with Gasteiger partial charge in [-0.15, -0.1) is 4.91 Å². The molecule has 2 amide bonds. The first-order chi connectivity index (χ1) is 17.4. The number of amides is 2. The van der Waals surface area contributed by atoms with Crippen molar-refractivity contribution in [2.75, 3.05) is 0 Å². The van der Waals surface area contributed by atoms with Crippen LogP contribution in [-0.2, 0) is 11.3 Å². The molecule has 1 aliphatic carbocycles. The first kappa shape index (κ1) is 23.8. The van der Waals surface area contributed by atoms with Crippen molar-refractivity contribution in [3.63, 3.8) is 0 Å². The zero-order chi connectivity index (χ0) is 25.2. The molecule has 7 nitrogen and oxygen atoms in total. The summed E-state index contributed by atoms with van der Waals surface area (Å²) in [5.74, 6) is -1.06. The van der Waals surface area contributed by atoms with Gasteiger partial charge in [0.1, 0.15) is 5.82 Å². The van der Waals surface area contributed by atoms with Gasteiger partial charge in [-0.25, -0.2) is 4.39 Å². The number of nitrogens with one attached hydrogen (secondary N) is 1. The number of aromatic nitrogens is 2. The Hall–Kier alpha value is -3.94. The highest BCUT2D eigenvalue weighted by molar-refractivity contribution is 6.06. The van der Waals surface area contributed by atoms with Crippen LogP contribution in [0.3, 0.4) is 0 Å². The van der Waals surface area contributed by atoms with E-state index in [1.165, 1.54) is 12.1 Å². The fraction of sp³-hybridized carbons (Fsp3) is 0.321. The summed E-state index contributed by atoms with van der Waals surface area (Å²) in [5, 5.41) is 7.42. The zero-order valence-electron chi connectivity index (χ0n) is 20.0. The first-order valence-electron chi connectivity index (χ1n) is 12.2. The van der Waals surface area contributed by atoms with Gasteiger partial charge >= 0.3 is 0 Å². The average Bonchev–Trinajstić information content (AvgIpc) is 3.31. The first-order valence-corrected chi connectivity index (χ1v) is 12.2. The number of carbonyl (C=O) groups excluding carboxylic acids is 2. The molecule has 1 saturated carbocycles. The van der Waals surface area contributed by atoms with Gasteiger partial charge in [-0.1, -0.05) is 18.2 Å². The van der Waals surface area contributed by atoms with Gasteiger partial charge in [0, 0.05) is 34.1 Å². The highest BCUT2D eigenvalue weighted by atomic mass is 19.1. The Morgan fingerprint density at radius 3 is 2.67 bits per heavy atom. The summed E-state index contributed by atoms with van der Waals surface area (Å²) in [6, 6.07) is 15.8. The number of hydrogen-bond acceptors (Lipinski definition) is 4. The van der Waals surface area contributed by atoms with Crippen LogP contribution in [0.4, 0.5) is 4.39 Å². The third-order valence-electron chi connectivity index (χ3n) is 7.35. The van der Waals surface area contributed by atoms with Crippen molar-refractivity contribution in [3.05, 3.63) is 82.8 Å². The number of carbonyl (C=O) groups is 2. The summed E-state index contributed by atoms with van der Waals surface area (Å²) in [6.07, 6.45) is 4.73. The van der Waals surface area contributed by atoms with Crippen LogP contribution in [0.1, 0.15) is 48.7 Å². The molecule has 0 spiro atoms. The van der Waals surface area contributed by atoms with Crippen LogP contribution in [0, 0.1) is 22.6 Å². The minimum absolute atomic E-state index is 0.0704. The molecule has 5 rings (SSSR count). The van der Waals surface area contributed by atoms with Gasteiger partial charge < -0.3 is 9.88 Å². The maximum absolute atomic E-state index is 13.5. The van der Waals surface area contributed by atoms with E-state index in [1.807, 2.05) is 54.1 Å². The highest BCUT2D eigenvalue weighted by Crippen LogP contribution is 2.32. The average molecular weight is 487 g/mol. The lowest BCUT2D eigenvalue weighted by Crippen LogP contribution is -2.40. The van der Waals surface area contributed by atoms with E-state index in [2.05, 4.69) is 15.5 Å². The van der Waals surface area contributed by atoms with E-state index in [1.54, 1.807) is 6.07 Å². The topological polar surface area (TPSA) is 93.4 Å². The summed E-state index contributed by atoms with van der Waals surface area (Å²) < 4.78 is 15.5. The molecule has 4 aromatic rings. The van der Waals surface area contributed by atoms with Gasteiger partial charge in [-0.2, -0.15) is 0 Å². The molecule has 36 heavy (non-hydrogen) atoms. The number of rotatable bonds is 6. The smallest absolute Gasteiger partial charge is 0.289 e. The SMILES string of the molecule is CC(NC(=O)c1cccc2ccn(Cc3ccc4cc(F)ccc4n3)c12)[C@H]1CC[C@H](C(=O)N=O)CC1. The summed E-state index contributed by atoms with van der Waals surface area (Å²) in [4.78, 5) is 40.1. The van der Waals surface area contributed by atoms with E-state index in [-0.39, 0.29) is 29.6 Å². The van der Waals surface area contributed by atoms with Crippen molar-refractivity contribution in [2.45, 2.75) is 45.2 Å². The van der Waals surface area contributed by atoms with E-state index in [0.717, 1.165) is 40.3 Å². The Balaban J connectivity index is 1.34. The van der Waals surface area contributed by atoms with Crippen LogP contribution in [0.15, 0.2) is 66.0 Å². The maximum atomic E-state index is 13.5. The number of benzene rings is 2. The molecular weight excluding hydrogens is 459 g/mol. The normalized spacial score (nSPS) is 18.7. The maximum Gasteiger partial charge on any atom is 0.289 e. The number of halogens is 1. The van der Waals surface area contributed by atoms with Crippen molar-refractivity contribution < 1.29 is 14.0 Å². The van der Waals surface area contributed by atoms with E-state index in [9.17, 15) is 18.9 Å². The minimum Gasteiger partial charge on any atom is -0.349 e. The molecular formula is C28H27FN4O3. The molecule has 2 aromatic carbocycles. The molecule has 8 heteroatoms. The molecule has 184 valence electrons. The molecule has 0 bridgehead atoms. The fourth-order valence-electron chi connectivity index (χ4n) is 5.32. The van der Waals surface area contributed by atoms with E-state index in [0.29, 0.717) is 24.9 Å². The Morgan fingerprint density at radius 1 is 1.08 bits per heavy atom.